The third kappa shape index (κ3) is 2.89. The summed E-state index contributed by atoms with van der Waals surface area (Å²) in [6.07, 6.45) is 4.81. The van der Waals surface area contributed by atoms with Gasteiger partial charge in [-0.3, -0.25) is 0 Å². The van der Waals surface area contributed by atoms with Crippen molar-refractivity contribution >= 4 is 0 Å². The minimum Gasteiger partial charge on any atom is -0.505 e. The summed E-state index contributed by atoms with van der Waals surface area (Å²) in [7, 11) is 0. The Morgan fingerprint density at radius 3 is 3.08 bits per heavy atom. The standard InChI is InChI=1S/C8H12N2O2/c9-10-6-7(11)5-8-3-1-2-4-12-8/h6,8H,1-5H2/p+1/b7-6-. The van der Waals surface area contributed by atoms with E-state index in [0.717, 1.165) is 32.1 Å². The molecule has 1 aliphatic rings. The molecule has 4 heteroatoms. The van der Waals surface area contributed by atoms with E-state index in [2.05, 4.69) is 4.98 Å². The Balaban J connectivity index is 2.30. The highest BCUT2D eigenvalue weighted by molar-refractivity contribution is 4.97. The number of nitrogens with zero attached hydrogens (tertiary/aromatic N) is 2. The van der Waals surface area contributed by atoms with Crippen molar-refractivity contribution in [1.29, 1.82) is 5.39 Å². The highest BCUT2D eigenvalue weighted by Gasteiger charge is 2.16. The van der Waals surface area contributed by atoms with Gasteiger partial charge in [0, 0.05) is 13.0 Å². The van der Waals surface area contributed by atoms with Gasteiger partial charge in [0.15, 0.2) is 10.7 Å². The van der Waals surface area contributed by atoms with Gasteiger partial charge in [0.2, 0.25) is 5.39 Å². The third-order valence-corrected chi connectivity index (χ3v) is 1.92. The molecular formula is C8H13N2O2+. The first-order valence-electron chi connectivity index (χ1n) is 4.16. The van der Waals surface area contributed by atoms with Crippen LogP contribution >= 0.6 is 0 Å². The lowest BCUT2D eigenvalue weighted by molar-refractivity contribution is 0.0112. The summed E-state index contributed by atoms with van der Waals surface area (Å²) < 4.78 is 5.37. The summed E-state index contributed by atoms with van der Waals surface area (Å²) in [5.74, 6) is 0.0735. The van der Waals surface area contributed by atoms with Crippen LogP contribution in [-0.4, -0.2) is 17.8 Å². The fourth-order valence-corrected chi connectivity index (χ4v) is 1.32. The molecule has 0 spiro atoms. The van der Waals surface area contributed by atoms with E-state index in [-0.39, 0.29) is 11.9 Å². The highest BCUT2D eigenvalue weighted by atomic mass is 16.5. The summed E-state index contributed by atoms with van der Waals surface area (Å²) in [5, 5.41) is 17.2. The zero-order chi connectivity index (χ0) is 8.81. The van der Waals surface area contributed by atoms with Gasteiger partial charge >= 0.3 is 6.20 Å². The Bertz CT molecular complexity index is 202. The molecule has 0 aromatic rings. The summed E-state index contributed by atoms with van der Waals surface area (Å²) in [6.45, 7) is 0.772. The van der Waals surface area contributed by atoms with Gasteiger partial charge in [0.1, 0.15) is 0 Å². The Morgan fingerprint density at radius 2 is 2.50 bits per heavy atom. The lowest BCUT2D eigenvalue weighted by Crippen LogP contribution is -2.19. The smallest absolute Gasteiger partial charge is 0.387 e. The van der Waals surface area contributed by atoms with Gasteiger partial charge in [-0.05, 0) is 19.3 Å². The van der Waals surface area contributed by atoms with Crippen LogP contribution in [-0.2, 0) is 4.74 Å². The second-order valence-electron chi connectivity index (χ2n) is 2.93. The molecule has 0 amide bonds. The molecule has 66 valence electrons. The van der Waals surface area contributed by atoms with Crippen LogP contribution in [0.2, 0.25) is 0 Å². The molecule has 0 bridgehead atoms. The van der Waals surface area contributed by atoms with E-state index in [4.69, 9.17) is 15.2 Å². The summed E-state index contributed by atoms with van der Waals surface area (Å²) in [6, 6.07) is 0. The Kier molecular flexibility index (Phi) is 3.55. The van der Waals surface area contributed by atoms with Crippen molar-refractivity contribution in [3.8, 4) is 0 Å². The van der Waals surface area contributed by atoms with Gasteiger partial charge in [-0.15, -0.1) is 0 Å². The molecule has 0 aromatic carbocycles. The predicted molar refractivity (Wildman–Crippen MR) is 44.0 cm³/mol. The van der Waals surface area contributed by atoms with Crippen molar-refractivity contribution in [2.24, 2.45) is 0 Å². The van der Waals surface area contributed by atoms with Crippen molar-refractivity contribution in [3.63, 3.8) is 0 Å². The minimum atomic E-state index is 0.0735. The average molecular weight is 169 g/mol. The maximum Gasteiger partial charge on any atom is 0.387 e. The molecule has 1 aliphatic heterocycles. The molecule has 1 saturated heterocycles. The topological polar surface area (TPSA) is 57.6 Å². The normalized spacial score (nSPS) is 24.9. The fraction of sp³-hybridized carbons (Fsp3) is 0.750. The Labute approximate surface area is 71.5 Å². The second kappa shape index (κ2) is 4.73. The molecule has 0 aliphatic carbocycles. The quantitative estimate of drug-likeness (QED) is 0.509. The lowest BCUT2D eigenvalue weighted by Gasteiger charge is -2.21. The van der Waals surface area contributed by atoms with Crippen molar-refractivity contribution in [2.75, 3.05) is 6.61 Å². The van der Waals surface area contributed by atoms with Crippen LogP contribution in [0.15, 0.2) is 12.0 Å². The van der Waals surface area contributed by atoms with Crippen LogP contribution in [0.25, 0.3) is 4.98 Å². The monoisotopic (exact) mass is 169 g/mol. The number of diazo groups is 1. The van der Waals surface area contributed by atoms with Crippen LogP contribution in [0.4, 0.5) is 0 Å². The van der Waals surface area contributed by atoms with Gasteiger partial charge in [0.05, 0.1) is 6.10 Å². The molecule has 0 radical (unpaired) electrons. The minimum absolute atomic E-state index is 0.0735. The second-order valence-corrected chi connectivity index (χ2v) is 2.93. The third-order valence-electron chi connectivity index (χ3n) is 1.92. The van der Waals surface area contributed by atoms with E-state index in [1.54, 1.807) is 0 Å². The molecule has 1 fully saturated rings. The van der Waals surface area contributed by atoms with Crippen molar-refractivity contribution < 1.29 is 9.84 Å². The Morgan fingerprint density at radius 1 is 1.67 bits per heavy atom. The van der Waals surface area contributed by atoms with E-state index in [1.165, 1.54) is 0 Å². The van der Waals surface area contributed by atoms with Crippen LogP contribution in [0.1, 0.15) is 25.7 Å². The first kappa shape index (κ1) is 9.01. The number of aliphatic hydroxyl groups excluding tert-OH is 1. The fourth-order valence-electron chi connectivity index (χ4n) is 1.32. The lowest BCUT2D eigenvalue weighted by atomic mass is 10.1. The van der Waals surface area contributed by atoms with Gasteiger partial charge in [0.25, 0.3) is 0 Å². The van der Waals surface area contributed by atoms with Crippen LogP contribution in [0.5, 0.6) is 0 Å². The van der Waals surface area contributed by atoms with Gasteiger partial charge in [-0.25, -0.2) is 0 Å². The summed E-state index contributed by atoms with van der Waals surface area (Å²) >= 11 is 0. The molecule has 0 aromatic heterocycles. The van der Waals surface area contributed by atoms with Crippen molar-refractivity contribution in [1.82, 2.24) is 0 Å². The van der Waals surface area contributed by atoms with E-state index in [0.29, 0.717) is 6.42 Å². The molecule has 4 nitrogen and oxygen atoms in total. The van der Waals surface area contributed by atoms with Crippen molar-refractivity contribution in [3.05, 3.63) is 16.9 Å². The number of aliphatic hydroxyl groups is 1. The molecule has 1 rings (SSSR count). The number of ether oxygens (including phenoxy) is 1. The van der Waals surface area contributed by atoms with Crippen LogP contribution < -0.4 is 0 Å². The zero-order valence-corrected chi connectivity index (χ0v) is 6.94. The van der Waals surface area contributed by atoms with E-state index < -0.39 is 0 Å². The predicted octanol–water partition coefficient (Wildman–Crippen LogP) is 2.20. The number of rotatable bonds is 2. The zero-order valence-electron chi connectivity index (χ0n) is 6.94. The molecule has 1 heterocycles. The van der Waals surface area contributed by atoms with Crippen molar-refractivity contribution in [2.45, 2.75) is 31.8 Å². The largest absolute Gasteiger partial charge is 0.505 e. The first-order valence-corrected chi connectivity index (χ1v) is 4.16. The maximum absolute atomic E-state index is 9.13. The van der Waals surface area contributed by atoms with Crippen LogP contribution in [0, 0.1) is 5.39 Å². The Hall–Kier alpha value is -1.08. The number of hydrogen-bond donors (Lipinski definition) is 1. The molecule has 0 saturated carbocycles. The molecular weight excluding hydrogens is 156 g/mol. The molecule has 1 N–H and O–H groups in total. The van der Waals surface area contributed by atoms with Crippen LogP contribution in [0.3, 0.4) is 0 Å². The summed E-state index contributed by atoms with van der Waals surface area (Å²) in [4.78, 5) is 2.73. The molecule has 1 atom stereocenters. The van der Waals surface area contributed by atoms with E-state index in [9.17, 15) is 0 Å². The SMILES string of the molecule is N#[N+]/C=C(\O)CC1CCCCO1. The molecule has 1 unspecified atom stereocenters. The summed E-state index contributed by atoms with van der Waals surface area (Å²) in [5.41, 5.74) is 0. The van der Waals surface area contributed by atoms with E-state index >= 15 is 0 Å². The maximum atomic E-state index is 9.13. The van der Waals surface area contributed by atoms with Gasteiger partial charge in [-0.1, -0.05) is 0 Å². The molecule has 12 heavy (non-hydrogen) atoms. The average Bonchev–Trinajstić information content (AvgIpc) is 2.06. The first-order chi connectivity index (χ1) is 5.83. The number of hydrogen-bond acceptors (Lipinski definition) is 3. The van der Waals surface area contributed by atoms with Gasteiger partial charge < -0.3 is 9.84 Å². The highest BCUT2D eigenvalue weighted by Crippen LogP contribution is 2.18. The van der Waals surface area contributed by atoms with Gasteiger partial charge in [-0.2, -0.15) is 0 Å². The van der Waals surface area contributed by atoms with E-state index in [1.807, 2.05) is 0 Å².